The first-order chi connectivity index (χ1) is 8.43. The molecule has 2 aliphatic heterocycles. The first-order valence-electron chi connectivity index (χ1n) is 6.88. The normalized spacial score (nSPS) is 28.7. The number of hydrogen-bond acceptors (Lipinski definition) is 3. The Bertz CT molecular complexity index is 335. The van der Waals surface area contributed by atoms with Crippen LogP contribution in [0.15, 0.2) is 18.5 Å². The van der Waals surface area contributed by atoms with Crippen LogP contribution in [0.1, 0.15) is 25.7 Å². The largest absolute Gasteiger partial charge is 0.312 e. The van der Waals surface area contributed by atoms with E-state index in [2.05, 4.69) is 15.3 Å². The number of nitrogens with one attached hydrogen (secondary N) is 1. The fourth-order valence-electron chi connectivity index (χ4n) is 3.28. The first-order valence-corrected chi connectivity index (χ1v) is 6.88. The molecule has 0 amide bonds. The van der Waals surface area contributed by atoms with Gasteiger partial charge in [-0.3, -0.25) is 9.58 Å². The van der Waals surface area contributed by atoms with E-state index in [1.807, 2.05) is 23.1 Å². The maximum Gasteiger partial charge on any atom is 0.0489 e. The molecule has 0 bridgehead atoms. The summed E-state index contributed by atoms with van der Waals surface area (Å²) in [5.74, 6) is 0. The smallest absolute Gasteiger partial charge is 0.0489 e. The lowest BCUT2D eigenvalue weighted by atomic mass is 10.1. The van der Waals surface area contributed by atoms with Gasteiger partial charge in [-0.05, 0) is 44.8 Å². The van der Waals surface area contributed by atoms with Gasteiger partial charge in [0, 0.05) is 37.6 Å². The van der Waals surface area contributed by atoms with Gasteiger partial charge < -0.3 is 5.32 Å². The van der Waals surface area contributed by atoms with Gasteiger partial charge in [-0.2, -0.15) is 5.10 Å². The van der Waals surface area contributed by atoms with E-state index < -0.39 is 0 Å². The molecule has 0 radical (unpaired) electrons. The van der Waals surface area contributed by atoms with Crippen LogP contribution in [-0.4, -0.2) is 46.4 Å². The zero-order valence-corrected chi connectivity index (χ0v) is 10.4. The molecule has 94 valence electrons. The molecule has 2 unspecified atom stereocenters. The SMILES string of the molecule is c1cnn(CCCNC2CCN3CCCC23)c1. The minimum Gasteiger partial charge on any atom is -0.312 e. The summed E-state index contributed by atoms with van der Waals surface area (Å²) in [4.78, 5) is 2.66. The highest BCUT2D eigenvalue weighted by Crippen LogP contribution is 2.27. The summed E-state index contributed by atoms with van der Waals surface area (Å²) in [7, 11) is 0. The van der Waals surface area contributed by atoms with Crippen LogP contribution in [0.5, 0.6) is 0 Å². The molecule has 2 saturated heterocycles. The van der Waals surface area contributed by atoms with Gasteiger partial charge in [-0.25, -0.2) is 0 Å². The Kier molecular flexibility index (Phi) is 3.43. The van der Waals surface area contributed by atoms with Gasteiger partial charge in [0.2, 0.25) is 0 Å². The molecule has 4 heteroatoms. The molecule has 1 N–H and O–H groups in total. The van der Waals surface area contributed by atoms with Gasteiger partial charge in [0.25, 0.3) is 0 Å². The summed E-state index contributed by atoms with van der Waals surface area (Å²) in [5.41, 5.74) is 0. The van der Waals surface area contributed by atoms with E-state index in [1.165, 1.54) is 38.8 Å². The highest BCUT2D eigenvalue weighted by molar-refractivity contribution is 4.95. The fourth-order valence-corrected chi connectivity index (χ4v) is 3.28. The Balaban J connectivity index is 1.37. The van der Waals surface area contributed by atoms with E-state index in [9.17, 15) is 0 Å². The van der Waals surface area contributed by atoms with Crippen LogP contribution >= 0.6 is 0 Å². The molecule has 17 heavy (non-hydrogen) atoms. The van der Waals surface area contributed by atoms with E-state index in [1.54, 1.807) is 0 Å². The van der Waals surface area contributed by atoms with Crippen molar-refractivity contribution in [2.75, 3.05) is 19.6 Å². The number of hydrogen-bond donors (Lipinski definition) is 1. The highest BCUT2D eigenvalue weighted by atomic mass is 15.3. The zero-order chi connectivity index (χ0) is 11.5. The Morgan fingerprint density at radius 1 is 1.29 bits per heavy atom. The number of aromatic nitrogens is 2. The van der Waals surface area contributed by atoms with Gasteiger partial charge in [-0.15, -0.1) is 0 Å². The van der Waals surface area contributed by atoms with Crippen molar-refractivity contribution in [3.8, 4) is 0 Å². The van der Waals surface area contributed by atoms with Gasteiger partial charge >= 0.3 is 0 Å². The van der Waals surface area contributed by atoms with Crippen LogP contribution in [0.3, 0.4) is 0 Å². The second-order valence-electron chi connectivity index (χ2n) is 5.22. The molecular weight excluding hydrogens is 212 g/mol. The fraction of sp³-hybridized carbons (Fsp3) is 0.769. The van der Waals surface area contributed by atoms with Crippen molar-refractivity contribution in [2.45, 2.75) is 44.3 Å². The second kappa shape index (κ2) is 5.19. The van der Waals surface area contributed by atoms with Crippen LogP contribution in [0, 0.1) is 0 Å². The summed E-state index contributed by atoms with van der Waals surface area (Å²) in [6.45, 7) is 4.79. The molecule has 1 aromatic rings. The average molecular weight is 234 g/mol. The molecule has 1 aromatic heterocycles. The molecule has 2 atom stereocenters. The van der Waals surface area contributed by atoms with Crippen molar-refractivity contribution in [1.82, 2.24) is 20.0 Å². The number of rotatable bonds is 5. The maximum absolute atomic E-state index is 4.22. The topological polar surface area (TPSA) is 33.1 Å². The Labute approximate surface area is 103 Å². The minimum atomic E-state index is 0.745. The zero-order valence-electron chi connectivity index (χ0n) is 10.4. The first kappa shape index (κ1) is 11.2. The quantitative estimate of drug-likeness (QED) is 0.775. The number of fused-ring (bicyclic) bond motifs is 1. The molecular formula is C13H22N4. The van der Waals surface area contributed by atoms with Crippen molar-refractivity contribution in [1.29, 1.82) is 0 Å². The van der Waals surface area contributed by atoms with Gasteiger partial charge in [0.1, 0.15) is 0 Å². The molecule has 0 saturated carbocycles. The predicted molar refractivity (Wildman–Crippen MR) is 67.8 cm³/mol. The van der Waals surface area contributed by atoms with Crippen LogP contribution in [0.2, 0.25) is 0 Å². The lowest BCUT2D eigenvalue weighted by molar-refractivity contribution is 0.298. The molecule has 3 rings (SSSR count). The third-order valence-electron chi connectivity index (χ3n) is 4.14. The van der Waals surface area contributed by atoms with Crippen molar-refractivity contribution in [2.24, 2.45) is 0 Å². The monoisotopic (exact) mass is 234 g/mol. The molecule has 2 aliphatic rings. The van der Waals surface area contributed by atoms with Crippen LogP contribution in [-0.2, 0) is 6.54 Å². The molecule has 0 aromatic carbocycles. The highest BCUT2D eigenvalue weighted by Gasteiger charge is 2.36. The van der Waals surface area contributed by atoms with E-state index in [-0.39, 0.29) is 0 Å². The van der Waals surface area contributed by atoms with Crippen molar-refractivity contribution in [3.63, 3.8) is 0 Å². The van der Waals surface area contributed by atoms with E-state index in [0.29, 0.717) is 0 Å². The van der Waals surface area contributed by atoms with Crippen LogP contribution < -0.4 is 5.32 Å². The second-order valence-corrected chi connectivity index (χ2v) is 5.22. The van der Waals surface area contributed by atoms with Gasteiger partial charge in [-0.1, -0.05) is 0 Å². The average Bonchev–Trinajstić information content (AvgIpc) is 3.03. The van der Waals surface area contributed by atoms with E-state index in [4.69, 9.17) is 0 Å². The summed E-state index contributed by atoms with van der Waals surface area (Å²) in [6, 6.07) is 3.57. The van der Waals surface area contributed by atoms with Crippen LogP contribution in [0.25, 0.3) is 0 Å². The van der Waals surface area contributed by atoms with Gasteiger partial charge in [0.05, 0.1) is 0 Å². The number of nitrogens with zero attached hydrogens (tertiary/aromatic N) is 3. The third-order valence-corrected chi connectivity index (χ3v) is 4.14. The maximum atomic E-state index is 4.22. The molecule has 4 nitrogen and oxygen atoms in total. The lowest BCUT2D eigenvalue weighted by Crippen LogP contribution is -2.39. The summed E-state index contributed by atoms with van der Waals surface area (Å²) >= 11 is 0. The molecule has 3 heterocycles. The van der Waals surface area contributed by atoms with E-state index >= 15 is 0 Å². The summed E-state index contributed by atoms with van der Waals surface area (Å²) in [5, 5.41) is 7.95. The summed E-state index contributed by atoms with van der Waals surface area (Å²) < 4.78 is 2.01. The number of aryl methyl sites for hydroxylation is 1. The van der Waals surface area contributed by atoms with Crippen LogP contribution in [0.4, 0.5) is 0 Å². The Morgan fingerprint density at radius 2 is 2.29 bits per heavy atom. The van der Waals surface area contributed by atoms with Gasteiger partial charge in [0.15, 0.2) is 0 Å². The minimum absolute atomic E-state index is 0.745. The molecule has 0 aliphatic carbocycles. The summed E-state index contributed by atoms with van der Waals surface area (Å²) in [6.07, 6.45) is 9.19. The Hall–Kier alpha value is -0.870. The predicted octanol–water partition coefficient (Wildman–Crippen LogP) is 1.10. The van der Waals surface area contributed by atoms with E-state index in [0.717, 1.165) is 25.2 Å². The third kappa shape index (κ3) is 2.53. The molecule has 2 fully saturated rings. The molecule has 0 spiro atoms. The van der Waals surface area contributed by atoms with Crippen molar-refractivity contribution < 1.29 is 0 Å². The van der Waals surface area contributed by atoms with Crippen molar-refractivity contribution >= 4 is 0 Å². The lowest BCUT2D eigenvalue weighted by Gasteiger charge is -2.21. The van der Waals surface area contributed by atoms with Crippen molar-refractivity contribution in [3.05, 3.63) is 18.5 Å². The Morgan fingerprint density at radius 3 is 3.18 bits per heavy atom. The standard InChI is InChI=1S/C13H22N4/c1-4-13-12(5-11-16(13)8-1)14-6-2-9-17-10-3-7-15-17/h3,7,10,12-14H,1-2,4-6,8-9,11H2.